The van der Waals surface area contributed by atoms with Crippen molar-refractivity contribution >= 4 is 0 Å². The van der Waals surface area contributed by atoms with Gasteiger partial charge in [-0.1, -0.05) is 6.92 Å². The van der Waals surface area contributed by atoms with Crippen molar-refractivity contribution in [3.63, 3.8) is 0 Å². The third-order valence-electron chi connectivity index (χ3n) is 2.88. The van der Waals surface area contributed by atoms with Crippen molar-refractivity contribution in [3.8, 4) is 5.75 Å². The molecule has 2 heteroatoms. The summed E-state index contributed by atoms with van der Waals surface area (Å²) in [4.78, 5) is 0. The van der Waals surface area contributed by atoms with E-state index in [2.05, 4.69) is 6.92 Å². The van der Waals surface area contributed by atoms with Crippen LogP contribution in [0.1, 0.15) is 26.2 Å². The van der Waals surface area contributed by atoms with Gasteiger partial charge in [0.2, 0.25) is 0 Å². The molecule has 0 aromatic heterocycles. The Morgan fingerprint density at radius 3 is 2.50 bits per heavy atom. The molecule has 1 aromatic carbocycles. The lowest BCUT2D eigenvalue weighted by Gasteiger charge is -2.17. The average molecular weight is 194 g/mol. The second kappa shape index (κ2) is 3.99. The maximum atomic E-state index is 12.6. The lowest BCUT2D eigenvalue weighted by Crippen LogP contribution is -2.18. The third-order valence-corrected chi connectivity index (χ3v) is 2.88. The molecule has 1 aliphatic carbocycles. The molecule has 1 saturated carbocycles. The minimum atomic E-state index is -0.211. The van der Waals surface area contributed by atoms with Crippen LogP contribution >= 0.6 is 0 Å². The number of benzene rings is 1. The Kier molecular flexibility index (Phi) is 2.71. The molecule has 0 saturated heterocycles. The highest BCUT2D eigenvalue weighted by Crippen LogP contribution is 2.29. The molecule has 0 radical (unpaired) electrons. The van der Waals surface area contributed by atoms with Crippen LogP contribution < -0.4 is 4.74 Å². The molecule has 0 heterocycles. The molecule has 1 fully saturated rings. The molecule has 2 atom stereocenters. The molecule has 76 valence electrons. The molecule has 2 unspecified atom stereocenters. The second-order valence-corrected chi connectivity index (χ2v) is 4.02. The summed E-state index contributed by atoms with van der Waals surface area (Å²) in [5.74, 6) is 1.20. The van der Waals surface area contributed by atoms with Gasteiger partial charge in [-0.05, 0) is 49.4 Å². The van der Waals surface area contributed by atoms with Crippen LogP contribution in [-0.2, 0) is 0 Å². The van der Waals surface area contributed by atoms with E-state index in [0.717, 1.165) is 12.2 Å². The van der Waals surface area contributed by atoms with E-state index in [0.29, 0.717) is 12.0 Å². The van der Waals surface area contributed by atoms with Gasteiger partial charge in [0, 0.05) is 0 Å². The van der Waals surface area contributed by atoms with Gasteiger partial charge >= 0.3 is 0 Å². The first kappa shape index (κ1) is 9.50. The zero-order valence-electron chi connectivity index (χ0n) is 8.37. The van der Waals surface area contributed by atoms with Crippen LogP contribution in [0.5, 0.6) is 5.75 Å². The van der Waals surface area contributed by atoms with Gasteiger partial charge in [0.15, 0.2) is 0 Å². The summed E-state index contributed by atoms with van der Waals surface area (Å²) >= 11 is 0. The number of hydrogen-bond donors (Lipinski definition) is 0. The van der Waals surface area contributed by atoms with Gasteiger partial charge in [0.1, 0.15) is 17.7 Å². The van der Waals surface area contributed by atoms with Gasteiger partial charge in [0.25, 0.3) is 0 Å². The molecule has 2 rings (SSSR count). The van der Waals surface area contributed by atoms with E-state index in [1.54, 1.807) is 12.1 Å². The minimum Gasteiger partial charge on any atom is -0.490 e. The molecule has 0 amide bonds. The van der Waals surface area contributed by atoms with Gasteiger partial charge in [-0.25, -0.2) is 4.39 Å². The van der Waals surface area contributed by atoms with Crippen molar-refractivity contribution in [3.05, 3.63) is 30.1 Å². The van der Waals surface area contributed by atoms with E-state index >= 15 is 0 Å². The number of halogens is 1. The molecule has 1 aliphatic rings. The Bertz CT molecular complexity index is 294. The van der Waals surface area contributed by atoms with Crippen LogP contribution in [0.3, 0.4) is 0 Å². The Hall–Kier alpha value is -1.05. The van der Waals surface area contributed by atoms with Crippen LogP contribution in [0.4, 0.5) is 4.39 Å². The number of ether oxygens (including phenoxy) is 1. The van der Waals surface area contributed by atoms with Crippen molar-refractivity contribution in [1.82, 2.24) is 0 Å². The maximum absolute atomic E-state index is 12.6. The third kappa shape index (κ3) is 2.06. The second-order valence-electron chi connectivity index (χ2n) is 4.02. The van der Waals surface area contributed by atoms with Crippen LogP contribution in [0.25, 0.3) is 0 Å². The Balaban J connectivity index is 2.00. The van der Waals surface area contributed by atoms with Crippen LogP contribution in [0.15, 0.2) is 24.3 Å². The van der Waals surface area contributed by atoms with E-state index in [4.69, 9.17) is 4.74 Å². The summed E-state index contributed by atoms with van der Waals surface area (Å²) in [6.07, 6.45) is 3.93. The van der Waals surface area contributed by atoms with Crippen LogP contribution in [0, 0.1) is 11.7 Å². The maximum Gasteiger partial charge on any atom is 0.123 e. The number of hydrogen-bond acceptors (Lipinski definition) is 1. The van der Waals surface area contributed by atoms with E-state index in [1.165, 1.54) is 25.0 Å². The molecule has 0 spiro atoms. The first-order valence-electron chi connectivity index (χ1n) is 5.18. The Morgan fingerprint density at radius 2 is 1.93 bits per heavy atom. The molecule has 0 N–H and O–H groups in total. The molecule has 1 nitrogen and oxygen atoms in total. The van der Waals surface area contributed by atoms with Crippen molar-refractivity contribution < 1.29 is 9.13 Å². The summed E-state index contributed by atoms with van der Waals surface area (Å²) < 4.78 is 18.4. The normalized spacial score (nSPS) is 26.4. The summed E-state index contributed by atoms with van der Waals surface area (Å²) in [5.41, 5.74) is 0. The highest BCUT2D eigenvalue weighted by molar-refractivity contribution is 5.22. The van der Waals surface area contributed by atoms with Crippen molar-refractivity contribution in [2.45, 2.75) is 32.3 Å². The topological polar surface area (TPSA) is 9.23 Å². The van der Waals surface area contributed by atoms with E-state index in [1.807, 2.05) is 0 Å². The van der Waals surface area contributed by atoms with Crippen molar-refractivity contribution in [2.24, 2.45) is 5.92 Å². The van der Waals surface area contributed by atoms with Gasteiger partial charge in [-0.3, -0.25) is 0 Å². The highest BCUT2D eigenvalue weighted by atomic mass is 19.1. The molecular formula is C12H15FO. The minimum absolute atomic E-state index is 0.211. The van der Waals surface area contributed by atoms with Crippen molar-refractivity contribution in [1.29, 1.82) is 0 Å². The van der Waals surface area contributed by atoms with Gasteiger partial charge in [0.05, 0.1) is 0 Å². The standard InChI is InChI=1S/C12H15FO/c1-9-3-2-4-12(9)14-11-7-5-10(13)6-8-11/h5-9,12H,2-4H2,1H3. The smallest absolute Gasteiger partial charge is 0.123 e. The fourth-order valence-electron chi connectivity index (χ4n) is 1.97. The molecule has 14 heavy (non-hydrogen) atoms. The predicted octanol–water partition coefficient (Wildman–Crippen LogP) is 3.39. The van der Waals surface area contributed by atoms with Crippen LogP contribution in [-0.4, -0.2) is 6.10 Å². The quantitative estimate of drug-likeness (QED) is 0.701. The largest absolute Gasteiger partial charge is 0.490 e. The summed E-state index contributed by atoms with van der Waals surface area (Å²) in [6, 6.07) is 6.27. The van der Waals surface area contributed by atoms with Crippen LogP contribution in [0.2, 0.25) is 0 Å². The fraction of sp³-hybridized carbons (Fsp3) is 0.500. The summed E-state index contributed by atoms with van der Waals surface area (Å²) in [7, 11) is 0. The highest BCUT2D eigenvalue weighted by Gasteiger charge is 2.24. The summed E-state index contributed by atoms with van der Waals surface area (Å²) in [5, 5.41) is 0. The van der Waals surface area contributed by atoms with E-state index in [-0.39, 0.29) is 5.82 Å². The SMILES string of the molecule is CC1CCCC1Oc1ccc(F)cc1. The predicted molar refractivity (Wildman–Crippen MR) is 53.8 cm³/mol. The monoisotopic (exact) mass is 194 g/mol. The Labute approximate surface area is 83.9 Å². The molecular weight excluding hydrogens is 179 g/mol. The fourth-order valence-corrected chi connectivity index (χ4v) is 1.97. The lowest BCUT2D eigenvalue weighted by molar-refractivity contribution is 0.167. The first-order valence-corrected chi connectivity index (χ1v) is 5.18. The van der Waals surface area contributed by atoms with Gasteiger partial charge < -0.3 is 4.74 Å². The van der Waals surface area contributed by atoms with E-state index in [9.17, 15) is 4.39 Å². The molecule has 0 bridgehead atoms. The lowest BCUT2D eigenvalue weighted by atomic mass is 10.1. The number of rotatable bonds is 2. The Morgan fingerprint density at radius 1 is 1.21 bits per heavy atom. The van der Waals surface area contributed by atoms with Crippen molar-refractivity contribution in [2.75, 3.05) is 0 Å². The molecule has 0 aliphatic heterocycles. The molecule has 1 aromatic rings. The zero-order valence-corrected chi connectivity index (χ0v) is 8.37. The van der Waals surface area contributed by atoms with Gasteiger partial charge in [-0.2, -0.15) is 0 Å². The average Bonchev–Trinajstić information content (AvgIpc) is 2.56. The van der Waals surface area contributed by atoms with E-state index < -0.39 is 0 Å². The van der Waals surface area contributed by atoms with Gasteiger partial charge in [-0.15, -0.1) is 0 Å². The summed E-state index contributed by atoms with van der Waals surface area (Å²) in [6.45, 7) is 2.21. The zero-order chi connectivity index (χ0) is 9.97. The first-order chi connectivity index (χ1) is 6.75.